The first kappa shape index (κ1) is 33.8. The molecule has 13 rings (SSSR count). The van der Waals surface area contributed by atoms with Crippen molar-refractivity contribution in [2.24, 2.45) is 0 Å². The number of rotatable bonds is 5. The minimum atomic E-state index is 0.898. The zero-order valence-electron chi connectivity index (χ0n) is 33.1. The maximum atomic E-state index is 6.55. The predicted octanol–water partition coefficient (Wildman–Crippen LogP) is 16.4. The van der Waals surface area contributed by atoms with E-state index in [2.05, 4.69) is 222 Å². The van der Waals surface area contributed by atoms with E-state index in [0.29, 0.717) is 0 Å². The van der Waals surface area contributed by atoms with E-state index in [9.17, 15) is 0 Å². The summed E-state index contributed by atoms with van der Waals surface area (Å²) >= 11 is 0. The highest BCUT2D eigenvalue weighted by molar-refractivity contribution is 6.26. The summed E-state index contributed by atoms with van der Waals surface area (Å²) < 4.78 is 8.91. The quantitative estimate of drug-likeness (QED) is 0.162. The van der Waals surface area contributed by atoms with Crippen molar-refractivity contribution in [3.63, 3.8) is 0 Å². The Kier molecular flexibility index (Phi) is 7.31. The van der Waals surface area contributed by atoms with E-state index in [4.69, 9.17) is 4.42 Å². The van der Waals surface area contributed by atoms with Gasteiger partial charge in [0.2, 0.25) is 0 Å². The molecule has 0 bridgehead atoms. The van der Waals surface area contributed by atoms with Crippen LogP contribution in [-0.4, -0.2) is 4.57 Å². The lowest BCUT2D eigenvalue weighted by Gasteiger charge is -2.27. The predicted molar refractivity (Wildman–Crippen MR) is 258 cm³/mol. The van der Waals surface area contributed by atoms with Crippen LogP contribution in [-0.2, 0) is 0 Å². The number of benzene rings is 11. The second kappa shape index (κ2) is 13.2. The molecular formula is C58H36N2O. The highest BCUT2D eigenvalue weighted by Crippen LogP contribution is 2.44. The number of nitrogens with zero attached hydrogens (tertiary/aromatic N) is 2. The van der Waals surface area contributed by atoms with Crippen molar-refractivity contribution in [2.45, 2.75) is 0 Å². The van der Waals surface area contributed by atoms with Crippen molar-refractivity contribution < 1.29 is 4.42 Å². The monoisotopic (exact) mass is 776 g/mol. The van der Waals surface area contributed by atoms with Crippen molar-refractivity contribution >= 4 is 104 Å². The van der Waals surface area contributed by atoms with Crippen LogP contribution in [0.25, 0.3) is 104 Å². The molecule has 284 valence electrons. The van der Waals surface area contributed by atoms with Crippen molar-refractivity contribution in [2.75, 3.05) is 4.90 Å². The molecule has 61 heavy (non-hydrogen) atoms. The Bertz CT molecular complexity index is 3850. The van der Waals surface area contributed by atoms with Crippen LogP contribution < -0.4 is 4.90 Å². The maximum Gasteiger partial charge on any atom is 0.159 e. The molecule has 0 saturated heterocycles. The van der Waals surface area contributed by atoms with E-state index in [1.54, 1.807) is 0 Å². The summed E-state index contributed by atoms with van der Waals surface area (Å²) in [5, 5.41) is 14.7. The Morgan fingerprint density at radius 2 is 0.885 bits per heavy atom. The average Bonchev–Trinajstić information content (AvgIpc) is 3.88. The van der Waals surface area contributed by atoms with E-state index in [1.165, 1.54) is 59.4 Å². The van der Waals surface area contributed by atoms with Gasteiger partial charge in [-0.2, -0.15) is 0 Å². The summed E-state index contributed by atoms with van der Waals surface area (Å²) in [6.45, 7) is 0. The molecule has 0 amide bonds. The summed E-state index contributed by atoms with van der Waals surface area (Å²) in [5.41, 5.74) is 10.8. The lowest BCUT2D eigenvalue weighted by Crippen LogP contribution is -2.10. The van der Waals surface area contributed by atoms with Crippen LogP contribution in [0.5, 0.6) is 0 Å². The SMILES string of the molecule is c1ccc2c(N(c3ccc(-c4ccc5c(c4)c4ccccc4n5-c4cccc5c4oc4ccccc45)cc3)c3ccc4c5ccccc5c5ccccc5c4c3)cccc2c1. The second-order valence-corrected chi connectivity index (χ2v) is 16.0. The molecule has 2 heterocycles. The zero-order chi connectivity index (χ0) is 40.0. The summed E-state index contributed by atoms with van der Waals surface area (Å²) in [7, 11) is 0. The van der Waals surface area contributed by atoms with E-state index < -0.39 is 0 Å². The fourth-order valence-electron chi connectivity index (χ4n) is 9.99. The van der Waals surface area contributed by atoms with Gasteiger partial charge in [-0.1, -0.05) is 158 Å². The first-order valence-electron chi connectivity index (χ1n) is 20.9. The molecule has 0 aliphatic rings. The van der Waals surface area contributed by atoms with Crippen molar-refractivity contribution in [1.29, 1.82) is 0 Å². The highest BCUT2D eigenvalue weighted by atomic mass is 16.3. The third kappa shape index (κ3) is 5.11. The smallest absolute Gasteiger partial charge is 0.159 e. The lowest BCUT2D eigenvalue weighted by molar-refractivity contribution is 0.666. The van der Waals surface area contributed by atoms with Gasteiger partial charge in [-0.3, -0.25) is 0 Å². The Morgan fingerprint density at radius 1 is 0.328 bits per heavy atom. The van der Waals surface area contributed by atoms with Gasteiger partial charge < -0.3 is 13.9 Å². The first-order chi connectivity index (χ1) is 30.3. The molecule has 0 fully saturated rings. The van der Waals surface area contributed by atoms with Gasteiger partial charge in [-0.25, -0.2) is 0 Å². The van der Waals surface area contributed by atoms with Crippen LogP contribution in [0.3, 0.4) is 0 Å². The number of hydrogen-bond donors (Lipinski definition) is 0. The van der Waals surface area contributed by atoms with Gasteiger partial charge in [-0.05, 0) is 109 Å². The summed E-state index contributed by atoms with van der Waals surface area (Å²) in [6, 6.07) is 79.3. The Morgan fingerprint density at radius 3 is 1.67 bits per heavy atom. The number of fused-ring (bicyclic) bond motifs is 13. The number of aromatic nitrogens is 1. The first-order valence-corrected chi connectivity index (χ1v) is 20.9. The van der Waals surface area contributed by atoms with Crippen LogP contribution in [0, 0.1) is 0 Å². The Balaban J connectivity index is 0.965. The normalized spacial score (nSPS) is 11.9. The van der Waals surface area contributed by atoms with Crippen molar-refractivity contribution in [3.05, 3.63) is 218 Å². The van der Waals surface area contributed by atoms with Gasteiger partial charge in [-0.15, -0.1) is 0 Å². The maximum absolute atomic E-state index is 6.55. The number of hydrogen-bond acceptors (Lipinski definition) is 2. The molecule has 2 aromatic heterocycles. The van der Waals surface area contributed by atoms with Gasteiger partial charge in [0.05, 0.1) is 22.4 Å². The molecule has 3 heteroatoms. The van der Waals surface area contributed by atoms with Crippen LogP contribution in [0.15, 0.2) is 223 Å². The zero-order valence-corrected chi connectivity index (χ0v) is 33.1. The number of anilines is 3. The molecule has 0 aliphatic carbocycles. The fourth-order valence-corrected chi connectivity index (χ4v) is 9.99. The molecule has 3 nitrogen and oxygen atoms in total. The third-order valence-electron chi connectivity index (χ3n) is 12.7. The van der Waals surface area contributed by atoms with Crippen LogP contribution in [0.4, 0.5) is 17.1 Å². The molecule has 0 radical (unpaired) electrons. The summed E-state index contributed by atoms with van der Waals surface area (Å²) in [4.78, 5) is 2.42. The second-order valence-electron chi connectivity index (χ2n) is 16.0. The standard InChI is InChI=1S/C58H36N2O/c1-2-15-42-38(13-1)14-11-24-53(42)59(41-32-33-47-45-18-4-3-16-43(45)44-17-5-6-19-46(44)51(47)36-41)40-30-27-37(28-31-40)39-29-34-55-52(35-39)48-20-7-9-23-54(48)60(55)56-25-12-22-50-49-21-8-10-26-57(49)61-58(50)56/h1-36H. The molecule has 0 spiro atoms. The van der Waals surface area contributed by atoms with E-state index in [-0.39, 0.29) is 0 Å². The Labute approximate surface area is 351 Å². The van der Waals surface area contributed by atoms with E-state index >= 15 is 0 Å². The third-order valence-corrected chi connectivity index (χ3v) is 12.7. The fraction of sp³-hybridized carbons (Fsp3) is 0. The summed E-state index contributed by atoms with van der Waals surface area (Å²) in [5.74, 6) is 0. The van der Waals surface area contributed by atoms with Gasteiger partial charge >= 0.3 is 0 Å². The van der Waals surface area contributed by atoms with Crippen molar-refractivity contribution in [3.8, 4) is 16.8 Å². The van der Waals surface area contributed by atoms with Gasteiger partial charge in [0.25, 0.3) is 0 Å². The Hall–Kier alpha value is -8.14. The van der Waals surface area contributed by atoms with E-state index in [1.807, 2.05) is 6.07 Å². The van der Waals surface area contributed by atoms with E-state index in [0.717, 1.165) is 61.3 Å². The van der Waals surface area contributed by atoms with Gasteiger partial charge in [0.1, 0.15) is 5.58 Å². The highest BCUT2D eigenvalue weighted by Gasteiger charge is 2.20. The molecule has 0 N–H and O–H groups in total. The van der Waals surface area contributed by atoms with Crippen LogP contribution in [0.2, 0.25) is 0 Å². The molecule has 0 atom stereocenters. The van der Waals surface area contributed by atoms with Gasteiger partial charge in [0, 0.05) is 38.3 Å². The minimum Gasteiger partial charge on any atom is -0.454 e. The van der Waals surface area contributed by atoms with Crippen LogP contribution in [0.1, 0.15) is 0 Å². The average molecular weight is 777 g/mol. The minimum absolute atomic E-state index is 0.898. The summed E-state index contributed by atoms with van der Waals surface area (Å²) in [6.07, 6.45) is 0. The molecule has 0 unspecified atom stereocenters. The molecule has 13 aromatic rings. The largest absolute Gasteiger partial charge is 0.454 e. The molecule has 0 saturated carbocycles. The van der Waals surface area contributed by atoms with Crippen LogP contribution >= 0.6 is 0 Å². The number of furan rings is 1. The lowest BCUT2D eigenvalue weighted by atomic mass is 9.94. The molecule has 0 aliphatic heterocycles. The topological polar surface area (TPSA) is 21.3 Å². The molecular weight excluding hydrogens is 741 g/mol. The van der Waals surface area contributed by atoms with Gasteiger partial charge in [0.15, 0.2) is 5.58 Å². The number of para-hydroxylation sites is 3. The molecule has 11 aromatic carbocycles. The van der Waals surface area contributed by atoms with Crippen molar-refractivity contribution in [1.82, 2.24) is 4.57 Å².